The molecule has 1 aromatic rings. The van der Waals surface area contributed by atoms with Gasteiger partial charge in [0.1, 0.15) is 5.92 Å². The maximum Gasteiger partial charge on any atom is 0.337 e. The van der Waals surface area contributed by atoms with Crippen molar-refractivity contribution in [2.75, 3.05) is 21.3 Å². The molecule has 0 fully saturated rings. The molecule has 1 heterocycles. The molecule has 4 atom stereocenters. The van der Waals surface area contributed by atoms with Crippen LogP contribution in [0, 0.1) is 11.8 Å². The normalized spacial score (nSPS) is 23.0. The summed E-state index contributed by atoms with van der Waals surface area (Å²) in [5, 5.41) is 3.26. The summed E-state index contributed by atoms with van der Waals surface area (Å²) < 4.78 is 21.8. The first-order valence-corrected chi connectivity index (χ1v) is 11.4. The Morgan fingerprint density at radius 2 is 1.88 bits per heavy atom. The molecule has 0 aromatic heterocycles. The smallest absolute Gasteiger partial charge is 0.337 e. The number of ether oxygens (including phenoxy) is 4. The monoisotopic (exact) mass is 471 g/mol. The summed E-state index contributed by atoms with van der Waals surface area (Å²) in [6.45, 7) is 7.38. The van der Waals surface area contributed by atoms with Gasteiger partial charge < -0.3 is 24.3 Å². The zero-order valence-electron chi connectivity index (χ0n) is 20.8. The van der Waals surface area contributed by atoms with Crippen LogP contribution in [0.15, 0.2) is 40.7 Å². The van der Waals surface area contributed by atoms with Crippen molar-refractivity contribution in [3.63, 3.8) is 0 Å². The summed E-state index contributed by atoms with van der Waals surface area (Å²) in [5.41, 5.74) is 2.51. The topological polar surface area (TPSA) is 100 Å². The SMILES string of the molecule is CCC(C)OC(=O)C1=C(C)NC2=C(C(=O)C(C(=O)OC)C(C)C2)C1c1cccc(OC)c1OC. The molecule has 0 radical (unpaired) electrons. The summed E-state index contributed by atoms with van der Waals surface area (Å²) in [6.07, 6.45) is 0.795. The number of methoxy groups -OCH3 is 3. The van der Waals surface area contributed by atoms with Gasteiger partial charge in [-0.25, -0.2) is 4.79 Å². The van der Waals surface area contributed by atoms with Crippen LogP contribution in [0.3, 0.4) is 0 Å². The van der Waals surface area contributed by atoms with E-state index in [1.54, 1.807) is 25.1 Å². The van der Waals surface area contributed by atoms with E-state index >= 15 is 0 Å². The van der Waals surface area contributed by atoms with E-state index in [4.69, 9.17) is 18.9 Å². The second-order valence-corrected chi connectivity index (χ2v) is 8.74. The average molecular weight is 472 g/mol. The molecule has 3 rings (SSSR count). The van der Waals surface area contributed by atoms with Gasteiger partial charge >= 0.3 is 11.9 Å². The first kappa shape index (κ1) is 25.3. The van der Waals surface area contributed by atoms with Gasteiger partial charge in [0.15, 0.2) is 17.3 Å². The summed E-state index contributed by atoms with van der Waals surface area (Å²) >= 11 is 0. The molecule has 184 valence electrons. The molecule has 0 saturated carbocycles. The fourth-order valence-electron chi connectivity index (χ4n) is 4.73. The first-order valence-electron chi connectivity index (χ1n) is 11.4. The fraction of sp³-hybridized carbons (Fsp3) is 0.500. The third kappa shape index (κ3) is 4.41. The van der Waals surface area contributed by atoms with E-state index in [1.807, 2.05) is 20.8 Å². The summed E-state index contributed by atoms with van der Waals surface area (Å²) in [4.78, 5) is 39.8. The molecule has 8 nitrogen and oxygen atoms in total. The Bertz CT molecular complexity index is 1060. The van der Waals surface area contributed by atoms with E-state index in [9.17, 15) is 14.4 Å². The predicted molar refractivity (Wildman–Crippen MR) is 125 cm³/mol. The largest absolute Gasteiger partial charge is 0.493 e. The molecule has 34 heavy (non-hydrogen) atoms. The van der Waals surface area contributed by atoms with Gasteiger partial charge in [-0.3, -0.25) is 9.59 Å². The van der Waals surface area contributed by atoms with Crippen LogP contribution in [0.1, 0.15) is 52.0 Å². The van der Waals surface area contributed by atoms with Crippen molar-refractivity contribution >= 4 is 17.7 Å². The van der Waals surface area contributed by atoms with Crippen LogP contribution in [0.4, 0.5) is 0 Å². The minimum Gasteiger partial charge on any atom is -0.493 e. The van der Waals surface area contributed by atoms with E-state index in [0.29, 0.717) is 52.4 Å². The minimum atomic E-state index is -0.963. The molecule has 4 unspecified atom stereocenters. The number of benzene rings is 1. The van der Waals surface area contributed by atoms with Crippen molar-refractivity contribution in [3.05, 3.63) is 46.3 Å². The number of hydrogen-bond acceptors (Lipinski definition) is 8. The molecule has 0 amide bonds. The number of dihydropyridines is 1. The van der Waals surface area contributed by atoms with Gasteiger partial charge in [0, 0.05) is 22.5 Å². The maximum atomic E-state index is 13.8. The van der Waals surface area contributed by atoms with Crippen LogP contribution in [0.25, 0.3) is 0 Å². The summed E-state index contributed by atoms with van der Waals surface area (Å²) in [5.74, 6) is -2.64. The van der Waals surface area contributed by atoms with E-state index in [0.717, 1.165) is 0 Å². The summed E-state index contributed by atoms with van der Waals surface area (Å²) in [6, 6.07) is 5.32. The van der Waals surface area contributed by atoms with Crippen molar-refractivity contribution in [3.8, 4) is 11.5 Å². The highest BCUT2D eigenvalue weighted by molar-refractivity contribution is 6.12. The number of hydrogen-bond donors (Lipinski definition) is 1. The Morgan fingerprint density at radius 3 is 2.47 bits per heavy atom. The highest BCUT2D eigenvalue weighted by Crippen LogP contribution is 2.49. The highest BCUT2D eigenvalue weighted by Gasteiger charge is 2.48. The lowest BCUT2D eigenvalue weighted by Gasteiger charge is -2.38. The molecule has 0 spiro atoms. The Kier molecular flexibility index (Phi) is 7.69. The number of Topliss-reactive ketones (excluding diaryl/α,β-unsaturated/α-hetero) is 1. The first-order chi connectivity index (χ1) is 16.2. The van der Waals surface area contributed by atoms with Crippen LogP contribution in [-0.4, -0.2) is 45.2 Å². The van der Waals surface area contributed by atoms with Gasteiger partial charge in [-0.2, -0.15) is 0 Å². The van der Waals surface area contributed by atoms with Crippen LogP contribution >= 0.6 is 0 Å². The number of para-hydroxylation sites is 1. The van der Waals surface area contributed by atoms with E-state index in [2.05, 4.69) is 5.32 Å². The molecule has 0 saturated heterocycles. The lowest BCUT2D eigenvalue weighted by molar-refractivity contribution is -0.151. The van der Waals surface area contributed by atoms with Crippen LogP contribution in [0.5, 0.6) is 11.5 Å². The van der Waals surface area contributed by atoms with Gasteiger partial charge in [-0.1, -0.05) is 26.0 Å². The quantitative estimate of drug-likeness (QED) is 0.475. The Labute approximate surface area is 200 Å². The Balaban J connectivity index is 2.26. The van der Waals surface area contributed by atoms with Crippen molar-refractivity contribution in [1.82, 2.24) is 5.32 Å². The van der Waals surface area contributed by atoms with Gasteiger partial charge in [0.05, 0.1) is 38.9 Å². The standard InChI is InChI=1S/C26H33NO7/c1-8-14(3)34-26(30)20-15(4)27-17-12-13(2)19(25(29)33-7)23(28)22(17)21(20)16-10-9-11-18(31-5)24(16)32-6/h9-11,13-14,19,21,27H,8,12H2,1-7H3. The van der Waals surface area contributed by atoms with Crippen molar-refractivity contribution in [2.24, 2.45) is 11.8 Å². The molecule has 0 bridgehead atoms. The number of esters is 2. The lowest BCUT2D eigenvalue weighted by atomic mass is 9.69. The number of nitrogens with one attached hydrogen (secondary N) is 1. The van der Waals surface area contributed by atoms with E-state index in [-0.39, 0.29) is 17.8 Å². The molecular formula is C26H33NO7. The third-order valence-electron chi connectivity index (χ3n) is 6.59. The molecule has 1 aromatic carbocycles. The van der Waals surface area contributed by atoms with Crippen LogP contribution in [-0.2, 0) is 23.9 Å². The number of allylic oxidation sites excluding steroid dienone is 3. The fourth-order valence-corrected chi connectivity index (χ4v) is 4.73. The lowest BCUT2D eigenvalue weighted by Crippen LogP contribution is -2.43. The second kappa shape index (κ2) is 10.3. The minimum absolute atomic E-state index is 0.263. The molecule has 1 N–H and O–H groups in total. The van der Waals surface area contributed by atoms with Crippen molar-refractivity contribution < 1.29 is 33.3 Å². The zero-order chi connectivity index (χ0) is 25.2. The van der Waals surface area contributed by atoms with Crippen molar-refractivity contribution in [1.29, 1.82) is 0 Å². The number of ketones is 1. The molecule has 1 aliphatic carbocycles. The van der Waals surface area contributed by atoms with E-state index < -0.39 is 23.8 Å². The maximum absolute atomic E-state index is 13.8. The average Bonchev–Trinajstić information content (AvgIpc) is 2.81. The number of carbonyl (C=O) groups excluding carboxylic acids is 3. The van der Waals surface area contributed by atoms with Crippen LogP contribution in [0.2, 0.25) is 0 Å². The van der Waals surface area contributed by atoms with Gasteiger partial charge in [0.2, 0.25) is 0 Å². The summed E-state index contributed by atoms with van der Waals surface area (Å²) in [7, 11) is 4.30. The number of rotatable bonds is 7. The van der Waals surface area contributed by atoms with Gasteiger partial charge in [-0.15, -0.1) is 0 Å². The number of carbonyl (C=O) groups is 3. The van der Waals surface area contributed by atoms with E-state index in [1.165, 1.54) is 21.3 Å². The Morgan fingerprint density at radius 1 is 1.18 bits per heavy atom. The third-order valence-corrected chi connectivity index (χ3v) is 6.59. The molecular weight excluding hydrogens is 438 g/mol. The predicted octanol–water partition coefficient (Wildman–Crippen LogP) is 3.66. The van der Waals surface area contributed by atoms with Crippen molar-refractivity contribution in [2.45, 2.75) is 52.6 Å². The molecule has 1 aliphatic heterocycles. The second-order valence-electron chi connectivity index (χ2n) is 8.74. The van der Waals surface area contributed by atoms with Gasteiger partial charge in [-0.05, 0) is 38.7 Å². The van der Waals surface area contributed by atoms with Gasteiger partial charge in [0.25, 0.3) is 0 Å². The zero-order valence-corrected chi connectivity index (χ0v) is 20.8. The highest BCUT2D eigenvalue weighted by atomic mass is 16.5. The molecule has 8 heteroatoms. The Hall–Kier alpha value is -3.29. The molecule has 2 aliphatic rings. The van der Waals surface area contributed by atoms with Crippen LogP contribution < -0.4 is 14.8 Å².